The van der Waals surface area contributed by atoms with E-state index in [1.54, 1.807) is 17.0 Å². The first kappa shape index (κ1) is 17.0. The van der Waals surface area contributed by atoms with E-state index in [1.165, 1.54) is 0 Å². The van der Waals surface area contributed by atoms with Gasteiger partial charge in [0, 0.05) is 17.8 Å². The number of aliphatic hydroxyl groups excluding tert-OH is 1. The number of aliphatic hydroxyl groups is 1. The zero-order valence-electron chi connectivity index (χ0n) is 13.9. The number of anilines is 1. The number of amides is 1. The summed E-state index contributed by atoms with van der Waals surface area (Å²) in [6, 6.07) is 13.0. The maximum Gasteiger partial charge on any atom is 0.254 e. The predicted molar refractivity (Wildman–Crippen MR) is 93.3 cm³/mol. The van der Waals surface area contributed by atoms with Crippen molar-refractivity contribution in [2.45, 2.75) is 26.9 Å². The van der Waals surface area contributed by atoms with E-state index in [0.29, 0.717) is 17.8 Å². The third kappa shape index (κ3) is 4.11. The molecule has 0 saturated heterocycles. The zero-order valence-corrected chi connectivity index (χ0v) is 13.9. The van der Waals surface area contributed by atoms with Gasteiger partial charge in [0.15, 0.2) is 0 Å². The number of benzene rings is 2. The number of hydrogen-bond donors (Lipinski definition) is 2. The van der Waals surface area contributed by atoms with Gasteiger partial charge in [0.25, 0.3) is 5.91 Å². The molecule has 2 rings (SSSR count). The lowest BCUT2D eigenvalue weighted by Crippen LogP contribution is -2.34. The van der Waals surface area contributed by atoms with Crippen LogP contribution in [0.3, 0.4) is 0 Å². The number of hydrogen-bond acceptors (Lipinski definition) is 3. The SMILES string of the molecule is CCN(CC(O)c1ccc(C)cc1)C(=O)c1ccc(C)c(N)c1. The molecule has 23 heavy (non-hydrogen) atoms. The molecular weight excluding hydrogens is 288 g/mol. The van der Waals surface area contributed by atoms with Gasteiger partial charge >= 0.3 is 0 Å². The Bertz CT molecular complexity index is 680. The fourth-order valence-electron chi connectivity index (χ4n) is 2.41. The van der Waals surface area contributed by atoms with Crippen molar-refractivity contribution < 1.29 is 9.90 Å². The Hall–Kier alpha value is -2.33. The lowest BCUT2D eigenvalue weighted by atomic mass is 10.1. The van der Waals surface area contributed by atoms with Crippen LogP contribution in [0.5, 0.6) is 0 Å². The largest absolute Gasteiger partial charge is 0.398 e. The normalized spacial score (nSPS) is 12.0. The number of rotatable bonds is 5. The third-order valence-electron chi connectivity index (χ3n) is 4.05. The Morgan fingerprint density at radius 1 is 1.17 bits per heavy atom. The van der Waals surface area contributed by atoms with Crippen LogP contribution >= 0.6 is 0 Å². The van der Waals surface area contributed by atoms with Gasteiger partial charge in [0.1, 0.15) is 0 Å². The summed E-state index contributed by atoms with van der Waals surface area (Å²) in [6.45, 7) is 6.58. The minimum Gasteiger partial charge on any atom is -0.398 e. The molecule has 122 valence electrons. The number of carbonyl (C=O) groups excluding carboxylic acids is 1. The van der Waals surface area contributed by atoms with E-state index in [9.17, 15) is 9.90 Å². The predicted octanol–water partition coefficient (Wildman–Crippen LogP) is 3.08. The monoisotopic (exact) mass is 312 g/mol. The smallest absolute Gasteiger partial charge is 0.254 e. The second-order valence-corrected chi connectivity index (χ2v) is 5.84. The van der Waals surface area contributed by atoms with Crippen LogP contribution in [-0.2, 0) is 0 Å². The van der Waals surface area contributed by atoms with E-state index < -0.39 is 6.10 Å². The maximum absolute atomic E-state index is 12.6. The van der Waals surface area contributed by atoms with E-state index in [-0.39, 0.29) is 12.5 Å². The molecule has 1 atom stereocenters. The lowest BCUT2D eigenvalue weighted by molar-refractivity contribution is 0.0635. The van der Waals surface area contributed by atoms with E-state index in [4.69, 9.17) is 5.73 Å². The molecule has 1 unspecified atom stereocenters. The van der Waals surface area contributed by atoms with Crippen molar-refractivity contribution in [1.29, 1.82) is 0 Å². The van der Waals surface area contributed by atoms with Crippen LogP contribution in [0.4, 0.5) is 5.69 Å². The summed E-state index contributed by atoms with van der Waals surface area (Å²) in [7, 11) is 0. The highest BCUT2D eigenvalue weighted by Crippen LogP contribution is 2.18. The molecule has 0 spiro atoms. The second-order valence-electron chi connectivity index (χ2n) is 5.84. The van der Waals surface area contributed by atoms with Crippen molar-refractivity contribution in [2.75, 3.05) is 18.8 Å². The Kier molecular flexibility index (Phi) is 5.40. The van der Waals surface area contributed by atoms with Crippen molar-refractivity contribution in [3.63, 3.8) is 0 Å². The van der Waals surface area contributed by atoms with Crippen LogP contribution in [-0.4, -0.2) is 29.0 Å². The molecule has 1 amide bonds. The number of nitrogens with two attached hydrogens (primary N) is 1. The first-order valence-corrected chi connectivity index (χ1v) is 7.82. The highest BCUT2D eigenvalue weighted by molar-refractivity contribution is 5.95. The van der Waals surface area contributed by atoms with Crippen molar-refractivity contribution in [3.05, 3.63) is 64.7 Å². The molecule has 0 aliphatic carbocycles. The summed E-state index contributed by atoms with van der Waals surface area (Å²) in [5.41, 5.74) is 9.93. The number of carbonyl (C=O) groups is 1. The average Bonchev–Trinajstić information content (AvgIpc) is 2.55. The third-order valence-corrected chi connectivity index (χ3v) is 4.05. The molecule has 0 fully saturated rings. The molecule has 2 aromatic rings. The van der Waals surface area contributed by atoms with E-state index in [1.807, 2.05) is 51.1 Å². The van der Waals surface area contributed by atoms with Gasteiger partial charge < -0.3 is 15.7 Å². The first-order valence-electron chi connectivity index (χ1n) is 7.82. The fraction of sp³-hybridized carbons (Fsp3) is 0.316. The number of nitrogen functional groups attached to an aromatic ring is 1. The van der Waals surface area contributed by atoms with Gasteiger partial charge in [-0.3, -0.25) is 4.79 Å². The fourth-order valence-corrected chi connectivity index (χ4v) is 2.41. The quantitative estimate of drug-likeness (QED) is 0.834. The molecular formula is C19H24N2O2. The molecule has 0 aliphatic rings. The second kappa shape index (κ2) is 7.29. The van der Waals surface area contributed by atoms with Crippen LogP contribution in [0.15, 0.2) is 42.5 Å². The molecule has 0 saturated carbocycles. The molecule has 0 aromatic heterocycles. The number of nitrogens with zero attached hydrogens (tertiary/aromatic N) is 1. The molecule has 0 aliphatic heterocycles. The van der Waals surface area contributed by atoms with E-state index >= 15 is 0 Å². The summed E-state index contributed by atoms with van der Waals surface area (Å²) >= 11 is 0. The summed E-state index contributed by atoms with van der Waals surface area (Å²) in [5.74, 6) is -0.120. The van der Waals surface area contributed by atoms with Gasteiger partial charge in [-0.05, 0) is 44.0 Å². The lowest BCUT2D eigenvalue weighted by Gasteiger charge is -2.24. The zero-order chi connectivity index (χ0) is 17.0. The summed E-state index contributed by atoms with van der Waals surface area (Å²) in [5, 5.41) is 10.4. The van der Waals surface area contributed by atoms with Gasteiger partial charge in [-0.15, -0.1) is 0 Å². The summed E-state index contributed by atoms with van der Waals surface area (Å²) in [6.07, 6.45) is -0.706. The summed E-state index contributed by atoms with van der Waals surface area (Å²) < 4.78 is 0. The average molecular weight is 312 g/mol. The minimum atomic E-state index is -0.706. The topological polar surface area (TPSA) is 66.6 Å². The van der Waals surface area contributed by atoms with Gasteiger partial charge in [0.05, 0.1) is 12.6 Å². The summed E-state index contributed by atoms with van der Waals surface area (Å²) in [4.78, 5) is 14.3. The van der Waals surface area contributed by atoms with Gasteiger partial charge in [-0.1, -0.05) is 35.9 Å². The van der Waals surface area contributed by atoms with Crippen LogP contribution < -0.4 is 5.73 Å². The molecule has 0 heterocycles. The molecule has 0 radical (unpaired) electrons. The molecule has 4 nitrogen and oxygen atoms in total. The molecule has 4 heteroatoms. The van der Waals surface area contributed by atoms with Gasteiger partial charge in [-0.2, -0.15) is 0 Å². The minimum absolute atomic E-state index is 0.120. The van der Waals surface area contributed by atoms with E-state index in [0.717, 1.165) is 16.7 Å². The molecule has 0 bridgehead atoms. The van der Waals surface area contributed by atoms with Gasteiger partial charge in [0.2, 0.25) is 0 Å². The van der Waals surface area contributed by atoms with Crippen LogP contribution in [0, 0.1) is 13.8 Å². The highest BCUT2D eigenvalue weighted by atomic mass is 16.3. The number of likely N-dealkylation sites (N-methyl/N-ethyl adjacent to an activating group) is 1. The van der Waals surface area contributed by atoms with Crippen LogP contribution in [0.2, 0.25) is 0 Å². The molecule has 3 N–H and O–H groups in total. The van der Waals surface area contributed by atoms with Crippen LogP contribution in [0.25, 0.3) is 0 Å². The Balaban J connectivity index is 2.13. The number of aryl methyl sites for hydroxylation is 2. The molecule has 2 aromatic carbocycles. The maximum atomic E-state index is 12.6. The standard InChI is InChI=1S/C19H24N2O2/c1-4-21(12-18(22)15-8-5-13(2)6-9-15)19(23)16-10-7-14(3)17(20)11-16/h5-11,18,22H,4,12,20H2,1-3H3. The Morgan fingerprint density at radius 3 is 2.39 bits per heavy atom. The van der Waals surface area contributed by atoms with Crippen molar-refractivity contribution in [3.8, 4) is 0 Å². The van der Waals surface area contributed by atoms with Crippen LogP contribution in [0.1, 0.15) is 40.1 Å². The van der Waals surface area contributed by atoms with Crippen molar-refractivity contribution >= 4 is 11.6 Å². The van der Waals surface area contributed by atoms with Crippen molar-refractivity contribution in [2.24, 2.45) is 0 Å². The van der Waals surface area contributed by atoms with Crippen molar-refractivity contribution in [1.82, 2.24) is 4.90 Å². The van der Waals surface area contributed by atoms with Gasteiger partial charge in [-0.25, -0.2) is 0 Å². The van der Waals surface area contributed by atoms with E-state index in [2.05, 4.69) is 0 Å². The Morgan fingerprint density at radius 2 is 1.83 bits per heavy atom. The first-order chi connectivity index (χ1) is 10.9. The Labute approximate surface area is 137 Å². The highest BCUT2D eigenvalue weighted by Gasteiger charge is 2.19.